The summed E-state index contributed by atoms with van der Waals surface area (Å²) >= 11 is 5.79. The van der Waals surface area contributed by atoms with Crippen LogP contribution in [0.3, 0.4) is 0 Å². The smallest absolute Gasteiger partial charge is 0.352 e. The second-order valence-electron chi connectivity index (χ2n) is 9.80. The van der Waals surface area contributed by atoms with Crippen molar-refractivity contribution in [3.63, 3.8) is 0 Å². The molecule has 7 nitrogen and oxygen atoms in total. The van der Waals surface area contributed by atoms with Crippen LogP contribution < -0.4 is 9.62 Å². The number of halogens is 4. The summed E-state index contributed by atoms with van der Waals surface area (Å²) in [5.41, 5.74) is -0.764. The standard InChI is InChI=1S/C30H33ClF3N3O4S/c1-4-21(2)35-29(39)22(3)36(18-17-23-11-7-5-8-12-23)28(38)20-37(42(40,41)25-13-9-6-10-14-25)24-15-16-27(31)26(19-24)30(32,33)34/h5-16,19,21-22H,4,17-18,20H2,1-3H3,(H,35,39). The van der Waals surface area contributed by atoms with Crippen molar-refractivity contribution >= 4 is 39.1 Å². The van der Waals surface area contributed by atoms with Crippen molar-refractivity contribution in [3.05, 3.63) is 95.0 Å². The van der Waals surface area contributed by atoms with Crippen LogP contribution in [0.25, 0.3) is 0 Å². The maximum absolute atomic E-state index is 13.9. The van der Waals surface area contributed by atoms with E-state index in [1.165, 1.54) is 36.1 Å². The molecule has 0 heterocycles. The number of rotatable bonds is 12. The first kappa shape index (κ1) is 32.9. The van der Waals surface area contributed by atoms with Gasteiger partial charge in [0.05, 0.1) is 21.2 Å². The van der Waals surface area contributed by atoms with E-state index >= 15 is 0 Å². The first-order valence-electron chi connectivity index (χ1n) is 13.3. The monoisotopic (exact) mass is 623 g/mol. The molecule has 0 bridgehead atoms. The molecular weight excluding hydrogens is 591 g/mol. The first-order valence-corrected chi connectivity index (χ1v) is 15.2. The predicted octanol–water partition coefficient (Wildman–Crippen LogP) is 5.93. The minimum atomic E-state index is -4.87. The summed E-state index contributed by atoms with van der Waals surface area (Å²) in [5, 5.41) is 2.21. The molecular formula is C30H33ClF3N3O4S. The van der Waals surface area contributed by atoms with E-state index in [0.717, 1.165) is 17.7 Å². The molecule has 0 spiro atoms. The van der Waals surface area contributed by atoms with Crippen LogP contribution in [0.4, 0.5) is 18.9 Å². The summed E-state index contributed by atoms with van der Waals surface area (Å²) in [6.45, 7) is 4.44. The quantitative estimate of drug-likeness (QED) is 0.271. The lowest BCUT2D eigenvalue weighted by molar-refractivity contribution is -0.139. The van der Waals surface area contributed by atoms with Crippen molar-refractivity contribution in [3.8, 4) is 0 Å². The Hall–Kier alpha value is -3.57. The van der Waals surface area contributed by atoms with E-state index in [-0.39, 0.29) is 17.5 Å². The lowest BCUT2D eigenvalue weighted by Gasteiger charge is -2.32. The molecule has 0 saturated heterocycles. The predicted molar refractivity (Wildman–Crippen MR) is 157 cm³/mol. The fourth-order valence-corrected chi connectivity index (χ4v) is 5.82. The number of nitrogens with one attached hydrogen (secondary N) is 1. The zero-order valence-electron chi connectivity index (χ0n) is 23.4. The topological polar surface area (TPSA) is 86.8 Å². The van der Waals surface area contributed by atoms with Gasteiger partial charge in [-0.1, -0.05) is 67.1 Å². The average Bonchev–Trinajstić information content (AvgIpc) is 2.96. The summed E-state index contributed by atoms with van der Waals surface area (Å²) in [4.78, 5) is 28.0. The molecule has 0 aliphatic rings. The summed E-state index contributed by atoms with van der Waals surface area (Å²) < 4.78 is 69.3. The van der Waals surface area contributed by atoms with Gasteiger partial charge in [0.25, 0.3) is 10.0 Å². The third kappa shape index (κ3) is 8.25. The second kappa shape index (κ2) is 14.1. The molecule has 2 unspecified atom stereocenters. The highest BCUT2D eigenvalue weighted by Crippen LogP contribution is 2.38. The number of amides is 2. The van der Waals surface area contributed by atoms with Gasteiger partial charge in [-0.2, -0.15) is 13.2 Å². The molecule has 0 fully saturated rings. The molecule has 3 rings (SSSR count). The molecule has 42 heavy (non-hydrogen) atoms. The van der Waals surface area contributed by atoms with Crippen LogP contribution in [0.5, 0.6) is 0 Å². The molecule has 12 heteroatoms. The molecule has 0 saturated carbocycles. The van der Waals surface area contributed by atoms with E-state index < -0.39 is 56.9 Å². The normalized spacial score (nSPS) is 13.2. The average molecular weight is 624 g/mol. The molecule has 0 aliphatic heterocycles. The third-order valence-corrected chi connectivity index (χ3v) is 8.92. The van der Waals surface area contributed by atoms with E-state index in [4.69, 9.17) is 11.6 Å². The first-order chi connectivity index (χ1) is 19.8. The Kier molecular flexibility index (Phi) is 11.0. The molecule has 3 aromatic rings. The van der Waals surface area contributed by atoms with Gasteiger partial charge >= 0.3 is 6.18 Å². The molecule has 0 aromatic heterocycles. The van der Waals surface area contributed by atoms with E-state index in [1.807, 2.05) is 44.2 Å². The van der Waals surface area contributed by atoms with Gasteiger partial charge in [0.1, 0.15) is 12.6 Å². The van der Waals surface area contributed by atoms with Gasteiger partial charge in [-0.15, -0.1) is 0 Å². The summed E-state index contributed by atoms with van der Waals surface area (Å²) in [7, 11) is -4.52. The highest BCUT2D eigenvalue weighted by Gasteiger charge is 2.37. The van der Waals surface area contributed by atoms with E-state index in [1.54, 1.807) is 6.07 Å². The van der Waals surface area contributed by atoms with Gasteiger partial charge < -0.3 is 10.2 Å². The van der Waals surface area contributed by atoms with Crippen molar-refractivity contribution in [1.29, 1.82) is 0 Å². The van der Waals surface area contributed by atoms with Crippen molar-refractivity contribution in [2.24, 2.45) is 0 Å². The largest absolute Gasteiger partial charge is 0.417 e. The van der Waals surface area contributed by atoms with Crippen LogP contribution in [-0.2, 0) is 32.2 Å². The number of carbonyl (C=O) groups excluding carboxylic acids is 2. The lowest BCUT2D eigenvalue weighted by atomic mass is 10.1. The van der Waals surface area contributed by atoms with Gasteiger partial charge in [0.15, 0.2) is 0 Å². The minimum Gasteiger partial charge on any atom is -0.352 e. The van der Waals surface area contributed by atoms with Gasteiger partial charge in [0, 0.05) is 12.6 Å². The molecule has 2 atom stereocenters. The zero-order valence-corrected chi connectivity index (χ0v) is 25.0. The van der Waals surface area contributed by atoms with Crippen LogP contribution in [0.15, 0.2) is 83.8 Å². The number of nitrogens with zero attached hydrogens (tertiary/aromatic N) is 2. The maximum Gasteiger partial charge on any atom is 0.417 e. The van der Waals surface area contributed by atoms with Crippen molar-refractivity contribution in [1.82, 2.24) is 10.2 Å². The molecule has 1 N–H and O–H groups in total. The van der Waals surface area contributed by atoms with Crippen LogP contribution >= 0.6 is 11.6 Å². The van der Waals surface area contributed by atoms with Gasteiger partial charge in [-0.3, -0.25) is 13.9 Å². The van der Waals surface area contributed by atoms with Gasteiger partial charge in [0.2, 0.25) is 11.8 Å². The number of sulfonamides is 1. The molecule has 2 amide bonds. The van der Waals surface area contributed by atoms with Crippen LogP contribution in [0.1, 0.15) is 38.3 Å². The van der Waals surface area contributed by atoms with Crippen molar-refractivity contribution < 1.29 is 31.2 Å². The molecule has 0 aliphatic carbocycles. The van der Waals surface area contributed by atoms with E-state index in [9.17, 15) is 31.2 Å². The maximum atomic E-state index is 13.9. The fraction of sp³-hybridized carbons (Fsp3) is 0.333. The number of hydrogen-bond donors (Lipinski definition) is 1. The lowest BCUT2D eigenvalue weighted by Crippen LogP contribution is -2.53. The summed E-state index contributed by atoms with van der Waals surface area (Å²) in [6.07, 6.45) is -3.86. The number of anilines is 1. The Balaban J connectivity index is 2.05. The van der Waals surface area contributed by atoms with Crippen LogP contribution in [-0.4, -0.2) is 50.3 Å². The third-order valence-electron chi connectivity index (χ3n) is 6.81. The molecule has 3 aromatic carbocycles. The Bertz CT molecular complexity index is 1470. The minimum absolute atomic E-state index is 0.0611. The van der Waals surface area contributed by atoms with Crippen LogP contribution in [0, 0.1) is 0 Å². The SMILES string of the molecule is CCC(C)NC(=O)C(C)N(CCc1ccccc1)C(=O)CN(c1ccc(Cl)c(C(F)(F)F)c1)S(=O)(=O)c1ccccc1. The van der Waals surface area contributed by atoms with Crippen molar-refractivity contribution in [2.45, 2.75) is 56.8 Å². The van der Waals surface area contributed by atoms with E-state index in [0.29, 0.717) is 23.2 Å². The number of hydrogen-bond acceptors (Lipinski definition) is 4. The molecule has 0 radical (unpaired) electrons. The Morgan fingerprint density at radius 1 is 0.952 bits per heavy atom. The summed E-state index contributed by atoms with van der Waals surface area (Å²) in [6, 6.07) is 17.7. The highest BCUT2D eigenvalue weighted by atomic mass is 35.5. The zero-order chi connectivity index (χ0) is 31.1. The number of carbonyl (C=O) groups is 2. The molecule has 226 valence electrons. The van der Waals surface area contributed by atoms with Crippen molar-refractivity contribution in [2.75, 3.05) is 17.4 Å². The van der Waals surface area contributed by atoms with E-state index in [2.05, 4.69) is 5.32 Å². The Morgan fingerprint density at radius 3 is 2.12 bits per heavy atom. The van der Waals surface area contributed by atoms with Crippen LogP contribution in [0.2, 0.25) is 5.02 Å². The van der Waals surface area contributed by atoms with Gasteiger partial charge in [-0.05, 0) is 62.6 Å². The number of benzene rings is 3. The van der Waals surface area contributed by atoms with Gasteiger partial charge in [-0.25, -0.2) is 8.42 Å². The summed E-state index contributed by atoms with van der Waals surface area (Å²) in [5.74, 6) is -1.20. The highest BCUT2D eigenvalue weighted by molar-refractivity contribution is 7.92. The Labute approximate surface area is 249 Å². The number of alkyl halides is 3. The second-order valence-corrected chi connectivity index (χ2v) is 12.1. The fourth-order valence-electron chi connectivity index (χ4n) is 4.17. The Morgan fingerprint density at radius 2 is 1.55 bits per heavy atom.